The maximum absolute atomic E-state index is 12.3. The Balaban J connectivity index is 2.27. The van der Waals surface area contributed by atoms with E-state index in [1.807, 2.05) is 28.7 Å². The van der Waals surface area contributed by atoms with Crippen LogP contribution in [0.4, 0.5) is 0 Å². The molecule has 1 unspecified atom stereocenters. The van der Waals surface area contributed by atoms with Gasteiger partial charge in [-0.3, -0.25) is 9.48 Å². The largest absolute Gasteiger partial charge is 0.479 e. The second-order valence-corrected chi connectivity index (χ2v) is 6.39. The molecule has 1 atom stereocenters. The summed E-state index contributed by atoms with van der Waals surface area (Å²) in [4.78, 5) is 23.7. The molecule has 0 aliphatic carbocycles. The molecule has 0 saturated carbocycles. The molecular formula is C13H11BrIN3O3. The van der Waals surface area contributed by atoms with Crippen LogP contribution >= 0.6 is 38.5 Å². The topological polar surface area (TPSA) is 84.2 Å². The van der Waals surface area contributed by atoms with Gasteiger partial charge in [-0.1, -0.05) is 15.9 Å². The average Bonchev–Trinajstić information content (AvgIpc) is 2.84. The van der Waals surface area contributed by atoms with E-state index in [2.05, 4.69) is 26.3 Å². The summed E-state index contributed by atoms with van der Waals surface area (Å²) in [7, 11) is 1.68. The summed E-state index contributed by atoms with van der Waals surface area (Å²) in [5.41, 5.74) is 0.837. The van der Waals surface area contributed by atoms with Crippen molar-refractivity contribution in [2.24, 2.45) is 7.05 Å². The fourth-order valence-corrected chi connectivity index (χ4v) is 2.70. The first kappa shape index (κ1) is 16.0. The minimum absolute atomic E-state index is 0.417. The zero-order chi connectivity index (χ0) is 15.6. The highest BCUT2D eigenvalue weighted by atomic mass is 127. The second-order valence-electron chi connectivity index (χ2n) is 4.32. The van der Waals surface area contributed by atoms with Crippen molar-refractivity contribution in [3.8, 4) is 0 Å². The summed E-state index contributed by atoms with van der Waals surface area (Å²) in [5, 5.41) is 15.7. The number of rotatable bonds is 4. The number of nitrogens with zero attached hydrogens (tertiary/aromatic N) is 2. The molecule has 6 nitrogen and oxygen atoms in total. The first-order valence-electron chi connectivity index (χ1n) is 5.85. The van der Waals surface area contributed by atoms with Gasteiger partial charge in [-0.25, -0.2) is 4.79 Å². The molecule has 2 rings (SSSR count). The Morgan fingerprint density at radius 2 is 2.19 bits per heavy atom. The number of hydrogen-bond donors (Lipinski definition) is 2. The number of carboxylic acids is 1. The van der Waals surface area contributed by atoms with Crippen molar-refractivity contribution in [1.82, 2.24) is 15.1 Å². The minimum Gasteiger partial charge on any atom is -0.479 e. The molecule has 0 bridgehead atoms. The van der Waals surface area contributed by atoms with Crippen LogP contribution in [0, 0.1) is 3.57 Å². The molecule has 0 fully saturated rings. The number of aryl methyl sites for hydroxylation is 1. The summed E-state index contributed by atoms with van der Waals surface area (Å²) >= 11 is 5.32. The van der Waals surface area contributed by atoms with E-state index in [4.69, 9.17) is 0 Å². The van der Waals surface area contributed by atoms with E-state index in [1.165, 1.54) is 10.9 Å². The minimum atomic E-state index is -1.14. The molecular weight excluding hydrogens is 453 g/mol. The van der Waals surface area contributed by atoms with E-state index in [9.17, 15) is 14.7 Å². The maximum atomic E-state index is 12.3. The average molecular weight is 464 g/mol. The van der Waals surface area contributed by atoms with Crippen molar-refractivity contribution < 1.29 is 14.7 Å². The Hall–Kier alpha value is -1.42. The number of carboxylic acid groups (broad SMARTS) is 1. The maximum Gasteiger partial charge on any atom is 0.331 e. The molecule has 1 aromatic heterocycles. The van der Waals surface area contributed by atoms with Crippen LogP contribution in [0.2, 0.25) is 0 Å². The van der Waals surface area contributed by atoms with E-state index >= 15 is 0 Å². The lowest BCUT2D eigenvalue weighted by molar-refractivity contribution is -0.139. The molecule has 110 valence electrons. The van der Waals surface area contributed by atoms with Gasteiger partial charge in [0.15, 0.2) is 6.04 Å². The van der Waals surface area contributed by atoms with Gasteiger partial charge in [-0.2, -0.15) is 5.10 Å². The summed E-state index contributed by atoms with van der Waals surface area (Å²) in [5.74, 6) is -1.58. The Bertz CT molecular complexity index is 702. The lowest BCUT2D eigenvalue weighted by atomic mass is 10.1. The van der Waals surface area contributed by atoms with Crippen LogP contribution in [-0.2, 0) is 11.8 Å². The van der Waals surface area contributed by atoms with Crippen molar-refractivity contribution in [1.29, 1.82) is 0 Å². The van der Waals surface area contributed by atoms with Gasteiger partial charge in [-0.05, 0) is 40.8 Å². The first-order chi connectivity index (χ1) is 9.88. The van der Waals surface area contributed by atoms with Crippen LogP contribution in [0.15, 0.2) is 35.1 Å². The molecule has 0 spiro atoms. The highest BCUT2D eigenvalue weighted by Crippen LogP contribution is 2.20. The van der Waals surface area contributed by atoms with Gasteiger partial charge < -0.3 is 10.4 Å². The third kappa shape index (κ3) is 3.82. The Morgan fingerprint density at radius 1 is 1.48 bits per heavy atom. The van der Waals surface area contributed by atoms with Crippen molar-refractivity contribution in [2.75, 3.05) is 0 Å². The molecule has 2 N–H and O–H groups in total. The SMILES string of the molecule is Cn1cc(C(NC(=O)c2cc(Br)ccc2I)C(=O)O)cn1. The fraction of sp³-hybridized carbons (Fsp3) is 0.154. The first-order valence-corrected chi connectivity index (χ1v) is 7.73. The van der Waals surface area contributed by atoms with Crippen LogP contribution in [0.3, 0.4) is 0 Å². The molecule has 1 aromatic carbocycles. The summed E-state index contributed by atoms with van der Waals surface area (Å²) in [6.45, 7) is 0. The molecule has 0 radical (unpaired) electrons. The molecule has 0 aliphatic rings. The van der Waals surface area contributed by atoms with Gasteiger partial charge in [-0.15, -0.1) is 0 Å². The number of carbonyl (C=O) groups is 2. The van der Waals surface area contributed by atoms with Crippen LogP contribution in [0.1, 0.15) is 22.0 Å². The number of aliphatic carboxylic acids is 1. The van der Waals surface area contributed by atoms with E-state index in [0.29, 0.717) is 11.1 Å². The van der Waals surface area contributed by atoms with Crippen molar-refractivity contribution in [2.45, 2.75) is 6.04 Å². The van der Waals surface area contributed by atoms with Crippen LogP contribution in [-0.4, -0.2) is 26.8 Å². The van der Waals surface area contributed by atoms with Crippen LogP contribution in [0.5, 0.6) is 0 Å². The van der Waals surface area contributed by atoms with Gasteiger partial charge in [0.25, 0.3) is 5.91 Å². The highest BCUT2D eigenvalue weighted by molar-refractivity contribution is 14.1. The number of nitrogens with one attached hydrogen (secondary N) is 1. The van der Waals surface area contributed by atoms with E-state index in [1.54, 1.807) is 25.4 Å². The smallest absolute Gasteiger partial charge is 0.331 e. The third-order valence-electron chi connectivity index (χ3n) is 2.75. The molecule has 0 aliphatic heterocycles. The number of aromatic nitrogens is 2. The van der Waals surface area contributed by atoms with Gasteiger partial charge in [0, 0.05) is 26.9 Å². The predicted octanol–water partition coefficient (Wildman–Crippen LogP) is 2.34. The normalized spacial score (nSPS) is 12.0. The Labute approximate surface area is 142 Å². The molecule has 2 aromatic rings. The van der Waals surface area contributed by atoms with Gasteiger partial charge in [0.2, 0.25) is 0 Å². The lowest BCUT2D eigenvalue weighted by Gasteiger charge is -2.14. The molecule has 0 saturated heterocycles. The van der Waals surface area contributed by atoms with Gasteiger partial charge in [0.1, 0.15) is 0 Å². The monoisotopic (exact) mass is 463 g/mol. The number of amides is 1. The van der Waals surface area contributed by atoms with E-state index in [0.717, 1.165) is 8.04 Å². The quantitative estimate of drug-likeness (QED) is 0.681. The van der Waals surface area contributed by atoms with E-state index < -0.39 is 17.9 Å². The number of carbonyl (C=O) groups excluding carboxylic acids is 1. The van der Waals surface area contributed by atoms with Crippen molar-refractivity contribution in [3.05, 3.63) is 49.8 Å². The summed E-state index contributed by atoms with van der Waals surface area (Å²) in [6.07, 6.45) is 2.98. The summed E-state index contributed by atoms with van der Waals surface area (Å²) < 4.78 is 2.98. The van der Waals surface area contributed by atoms with Crippen LogP contribution < -0.4 is 5.32 Å². The predicted molar refractivity (Wildman–Crippen MR) is 87.9 cm³/mol. The Kier molecular flexibility index (Phi) is 4.99. The van der Waals surface area contributed by atoms with Gasteiger partial charge >= 0.3 is 5.97 Å². The number of benzene rings is 1. The standard InChI is InChI=1S/C13H11BrIN3O3/c1-18-6-7(5-16-18)11(13(20)21)17-12(19)9-4-8(14)2-3-10(9)15/h2-6,11H,1H3,(H,17,19)(H,20,21). The van der Waals surface area contributed by atoms with Crippen molar-refractivity contribution in [3.63, 3.8) is 0 Å². The number of hydrogen-bond acceptors (Lipinski definition) is 3. The van der Waals surface area contributed by atoms with Gasteiger partial charge in [0.05, 0.1) is 11.8 Å². The van der Waals surface area contributed by atoms with E-state index in [-0.39, 0.29) is 0 Å². The lowest BCUT2D eigenvalue weighted by Crippen LogP contribution is -2.34. The molecule has 8 heteroatoms. The second kappa shape index (κ2) is 6.56. The fourth-order valence-electron chi connectivity index (χ4n) is 1.76. The number of halogens is 2. The molecule has 1 heterocycles. The summed E-state index contributed by atoms with van der Waals surface area (Å²) in [6, 6.07) is 4.11. The van der Waals surface area contributed by atoms with Crippen LogP contribution in [0.25, 0.3) is 0 Å². The molecule has 1 amide bonds. The van der Waals surface area contributed by atoms with Crippen molar-refractivity contribution >= 4 is 50.4 Å². The zero-order valence-corrected chi connectivity index (χ0v) is 14.6. The highest BCUT2D eigenvalue weighted by Gasteiger charge is 2.24. The Morgan fingerprint density at radius 3 is 2.76 bits per heavy atom. The molecule has 21 heavy (non-hydrogen) atoms. The zero-order valence-electron chi connectivity index (χ0n) is 10.9. The third-order valence-corrected chi connectivity index (χ3v) is 4.19.